The number of epoxide rings is 1. The molecule has 2 saturated carbocycles. The highest BCUT2D eigenvalue weighted by atomic mass is 16.6. The molecule has 7 unspecified atom stereocenters. The first-order valence-corrected chi connectivity index (χ1v) is 18.9. The smallest absolute Gasteiger partial charge is 0.341 e. The Morgan fingerprint density at radius 2 is 1.75 bits per heavy atom. The van der Waals surface area contributed by atoms with Gasteiger partial charge < -0.3 is 30.7 Å². The molecule has 1 aromatic heterocycles. The third-order valence-electron chi connectivity index (χ3n) is 12.5. The number of carbonyl (C=O) groups is 3. The van der Waals surface area contributed by atoms with Crippen LogP contribution in [0.4, 0.5) is 5.95 Å². The fourth-order valence-corrected chi connectivity index (χ4v) is 9.35. The predicted octanol–water partition coefficient (Wildman–Crippen LogP) is -1.06. The maximum absolute atomic E-state index is 13.8. The van der Waals surface area contributed by atoms with Crippen molar-refractivity contribution in [2.24, 2.45) is 42.6 Å². The van der Waals surface area contributed by atoms with Crippen molar-refractivity contribution < 1.29 is 34.1 Å². The summed E-state index contributed by atoms with van der Waals surface area (Å²) in [6.07, 6.45) is 8.34. The van der Waals surface area contributed by atoms with Crippen LogP contribution < -0.4 is 32.6 Å². The molecule has 2 aliphatic carbocycles. The number of H-pyrrole nitrogens is 1. The standard InChI is InChI=1S/C37H49N11O8/c1-18(28(51)47-33-39-7-8-40-33)44-23(22-12-21(56-31(22)54)11-20-15-43-32(38)46-30(20)53)13-25-35(3)6-5-27(50)36(4,16-49)24(35)14-26(37(25)17-55-37)45-19(2)29(52)48-34-41-9-10-42-34/h7,9,11-12,15,18-19,23-27,44-45,49-50H,5-6,8,10,13-14,16-17H2,1-4H3,(H,40,47,51)(H,42,48,52)(H3,38,43,46,53)/b21-11+/t18?,19?,23?,24?,25?,26?,27-,35+,36+,37?/m1/s1. The first-order valence-electron chi connectivity index (χ1n) is 18.9. The van der Waals surface area contributed by atoms with Gasteiger partial charge >= 0.3 is 5.97 Å². The molecule has 1 aromatic rings. The Bertz CT molecular complexity index is 2020. The number of aromatic amines is 1. The van der Waals surface area contributed by atoms with Crippen LogP contribution in [0.15, 0.2) is 48.4 Å². The molecule has 19 nitrogen and oxygen atoms in total. The summed E-state index contributed by atoms with van der Waals surface area (Å²) in [4.78, 5) is 76.1. The number of esters is 1. The van der Waals surface area contributed by atoms with Crippen LogP contribution >= 0.6 is 0 Å². The molecule has 6 aliphatic rings. The van der Waals surface area contributed by atoms with Gasteiger partial charge in [0, 0.05) is 36.1 Å². The molecule has 300 valence electrons. The molecule has 4 aliphatic heterocycles. The molecule has 0 bridgehead atoms. The maximum Gasteiger partial charge on any atom is 0.341 e. The lowest BCUT2D eigenvalue weighted by molar-refractivity contribution is -0.185. The molecular formula is C37H49N11O8. The van der Waals surface area contributed by atoms with E-state index in [0.717, 1.165) is 0 Å². The van der Waals surface area contributed by atoms with E-state index in [4.69, 9.17) is 15.2 Å². The average molecular weight is 776 g/mol. The normalized spacial score (nSPS) is 34.0. The molecular weight excluding hydrogens is 726 g/mol. The zero-order valence-corrected chi connectivity index (χ0v) is 31.7. The number of anilines is 1. The van der Waals surface area contributed by atoms with Crippen molar-refractivity contribution in [1.29, 1.82) is 0 Å². The van der Waals surface area contributed by atoms with Gasteiger partial charge in [-0.25, -0.2) is 29.7 Å². The molecule has 0 aromatic carbocycles. The second-order valence-corrected chi connectivity index (χ2v) is 15.9. The number of nitrogens with two attached hydrogens (primary N) is 1. The van der Waals surface area contributed by atoms with E-state index in [2.05, 4.69) is 58.1 Å². The van der Waals surface area contributed by atoms with E-state index < -0.39 is 64.1 Å². The van der Waals surface area contributed by atoms with E-state index >= 15 is 0 Å². The summed E-state index contributed by atoms with van der Waals surface area (Å²) in [5.41, 5.74) is 3.16. The van der Waals surface area contributed by atoms with Crippen molar-refractivity contribution in [1.82, 2.24) is 31.2 Å². The number of fused-ring (bicyclic) bond motifs is 1. The van der Waals surface area contributed by atoms with Crippen LogP contribution in [0, 0.1) is 22.7 Å². The number of aliphatic hydroxyl groups excluding tert-OH is 2. The molecule has 19 heteroatoms. The number of nitrogens with one attached hydrogen (secondary N) is 5. The zero-order chi connectivity index (χ0) is 40.0. The number of nitrogen functional groups attached to an aromatic ring is 1. The Hall–Kier alpha value is -4.95. The summed E-state index contributed by atoms with van der Waals surface area (Å²) in [5.74, 6) is -1.59. The molecule has 2 amide bonds. The molecule has 3 fully saturated rings. The average Bonchev–Trinajstić information content (AvgIpc) is 3.46. The van der Waals surface area contributed by atoms with Crippen molar-refractivity contribution >= 4 is 54.2 Å². The summed E-state index contributed by atoms with van der Waals surface area (Å²) >= 11 is 0. The van der Waals surface area contributed by atoms with Crippen molar-refractivity contribution in [3.63, 3.8) is 0 Å². The van der Waals surface area contributed by atoms with Crippen molar-refractivity contribution in [3.05, 3.63) is 39.5 Å². The molecule has 1 saturated heterocycles. The van der Waals surface area contributed by atoms with Gasteiger partial charge in [-0.15, -0.1) is 0 Å². The highest BCUT2D eigenvalue weighted by Crippen LogP contribution is 2.66. The van der Waals surface area contributed by atoms with Crippen LogP contribution in [0.1, 0.15) is 58.9 Å². The van der Waals surface area contributed by atoms with Gasteiger partial charge in [0.2, 0.25) is 23.7 Å². The fraction of sp³-hybridized carbons (Fsp3) is 0.595. The van der Waals surface area contributed by atoms with E-state index in [9.17, 15) is 29.4 Å². The number of nitrogens with zero attached hydrogens (tertiary/aromatic N) is 5. The largest absolute Gasteiger partial charge is 0.423 e. The van der Waals surface area contributed by atoms with Gasteiger partial charge in [-0.1, -0.05) is 13.8 Å². The molecule has 10 atom stereocenters. The van der Waals surface area contributed by atoms with Gasteiger partial charge in [-0.05, 0) is 68.9 Å². The molecule has 56 heavy (non-hydrogen) atoms. The van der Waals surface area contributed by atoms with E-state index in [-0.39, 0.29) is 65.5 Å². The summed E-state index contributed by atoms with van der Waals surface area (Å²) in [7, 11) is 0. The Morgan fingerprint density at radius 3 is 2.34 bits per heavy atom. The summed E-state index contributed by atoms with van der Waals surface area (Å²) in [6, 6.07) is -2.79. The Labute approximate surface area is 322 Å². The summed E-state index contributed by atoms with van der Waals surface area (Å²) < 4.78 is 12.1. The van der Waals surface area contributed by atoms with Crippen LogP contribution in [-0.2, 0) is 23.9 Å². The van der Waals surface area contributed by atoms with E-state index in [1.807, 2.05) is 6.92 Å². The number of rotatable bonds is 11. The fourth-order valence-electron chi connectivity index (χ4n) is 9.35. The lowest BCUT2D eigenvalue weighted by Gasteiger charge is -2.63. The number of hydrogen-bond acceptors (Lipinski definition) is 16. The van der Waals surface area contributed by atoms with Crippen LogP contribution in [0.3, 0.4) is 0 Å². The highest BCUT2D eigenvalue weighted by Gasteiger charge is 2.71. The summed E-state index contributed by atoms with van der Waals surface area (Å²) in [5, 5.41) is 34.7. The van der Waals surface area contributed by atoms with Gasteiger partial charge in [-0.2, -0.15) is 0 Å². The van der Waals surface area contributed by atoms with Gasteiger partial charge in [0.1, 0.15) is 11.4 Å². The van der Waals surface area contributed by atoms with Gasteiger partial charge in [0.15, 0.2) is 5.95 Å². The van der Waals surface area contributed by atoms with Crippen LogP contribution in [-0.4, -0.2) is 124 Å². The van der Waals surface area contributed by atoms with Crippen LogP contribution in [0.2, 0.25) is 0 Å². The number of aliphatic hydroxyl groups is 2. The number of amides is 2. The predicted molar refractivity (Wildman–Crippen MR) is 206 cm³/mol. The number of ether oxygens (including phenoxy) is 2. The number of guanidine groups is 2. The SMILES string of the molecule is CC(NC(CC1C2(CO2)C(NC(C)C(=O)NC2=NCC=N2)CC2[C@]1(C)CC[C@@H](O)[C@@]2(C)CO)C1=C/C(=C\c2cnc(N)[nH]c2=O)OC1=O)C(=O)NC1=NCC=N1. The molecule has 7 rings (SSSR count). The highest BCUT2D eigenvalue weighted by molar-refractivity contribution is 6.05. The number of aliphatic imine (C=N–C) groups is 4. The minimum Gasteiger partial charge on any atom is -0.423 e. The number of carbonyl (C=O) groups excluding carboxylic acids is 3. The lowest BCUT2D eigenvalue weighted by atomic mass is 9.43. The first-order chi connectivity index (χ1) is 26.7. The third kappa shape index (κ3) is 7.36. The quantitative estimate of drug-likeness (QED) is 0.0987. The van der Waals surface area contributed by atoms with Crippen molar-refractivity contribution in [2.45, 2.75) is 89.3 Å². The molecule has 9 N–H and O–H groups in total. The van der Waals surface area contributed by atoms with E-state index in [1.54, 1.807) is 26.3 Å². The zero-order valence-electron chi connectivity index (χ0n) is 31.7. The summed E-state index contributed by atoms with van der Waals surface area (Å²) in [6.45, 7) is 8.26. The molecule has 0 radical (unpaired) electrons. The van der Waals surface area contributed by atoms with E-state index in [1.165, 1.54) is 18.3 Å². The number of allylic oxidation sites excluding steroid dienone is 1. The lowest BCUT2D eigenvalue weighted by Crippen LogP contribution is -2.68. The number of hydrogen-bond donors (Lipinski definition) is 8. The van der Waals surface area contributed by atoms with Crippen molar-refractivity contribution in [2.75, 3.05) is 32.0 Å². The van der Waals surface area contributed by atoms with Gasteiger partial charge in [0.05, 0.1) is 55.6 Å². The number of aromatic nitrogens is 2. The maximum atomic E-state index is 13.8. The van der Waals surface area contributed by atoms with Gasteiger partial charge in [-0.3, -0.25) is 35.3 Å². The van der Waals surface area contributed by atoms with E-state index in [0.29, 0.717) is 39.0 Å². The van der Waals surface area contributed by atoms with Gasteiger partial charge in [0.25, 0.3) is 5.56 Å². The number of cyclic esters (lactones) is 1. The topological polar surface area (TPSA) is 283 Å². The monoisotopic (exact) mass is 775 g/mol. The van der Waals surface area contributed by atoms with Crippen LogP contribution in [0.5, 0.6) is 0 Å². The minimum absolute atomic E-state index is 0.0641. The molecule has 1 spiro atoms. The molecule has 5 heterocycles. The Kier molecular flexibility index (Phi) is 10.7. The second kappa shape index (κ2) is 15.2. The Morgan fingerprint density at radius 1 is 1.09 bits per heavy atom. The third-order valence-corrected chi connectivity index (χ3v) is 12.5. The van der Waals surface area contributed by atoms with Crippen LogP contribution in [0.25, 0.3) is 6.08 Å². The first kappa shape index (κ1) is 39.3. The second-order valence-electron chi connectivity index (χ2n) is 15.9. The van der Waals surface area contributed by atoms with Crippen molar-refractivity contribution in [3.8, 4) is 0 Å². The Balaban J connectivity index is 1.25. The minimum atomic E-state index is -0.902.